The third kappa shape index (κ3) is 4.37. The molecule has 1 fully saturated rings. The van der Waals surface area contributed by atoms with E-state index in [1.165, 1.54) is 6.20 Å². The van der Waals surface area contributed by atoms with Crippen LogP contribution in [0.1, 0.15) is 30.1 Å². The topological polar surface area (TPSA) is 71.2 Å². The average molecular weight is 312 g/mol. The molecular weight excluding hydrogens is 290 g/mol. The maximum Gasteiger partial charge on any atom is 0.277 e. The van der Waals surface area contributed by atoms with Crippen LogP contribution in [0.15, 0.2) is 18.3 Å². The molecule has 0 bridgehead atoms. The summed E-state index contributed by atoms with van der Waals surface area (Å²) in [7, 11) is 0. The normalized spacial score (nSPS) is 16.6. The highest BCUT2D eigenvalue weighted by Crippen LogP contribution is 2.21. The summed E-state index contributed by atoms with van der Waals surface area (Å²) in [4.78, 5) is 18.2. The van der Waals surface area contributed by atoms with Crippen LogP contribution in [-0.4, -0.2) is 43.0 Å². The molecule has 0 unspecified atom stereocenters. The van der Waals surface area contributed by atoms with Gasteiger partial charge in [0, 0.05) is 19.3 Å². The second-order valence-electron chi connectivity index (χ2n) is 5.82. The maximum absolute atomic E-state index is 13.0. The molecule has 2 heterocycles. The van der Waals surface area contributed by atoms with Crippen molar-refractivity contribution in [1.82, 2.24) is 10.3 Å². The van der Waals surface area contributed by atoms with Gasteiger partial charge in [0.1, 0.15) is 5.82 Å². The minimum absolute atomic E-state index is 0.266. The zero-order valence-corrected chi connectivity index (χ0v) is 12.7. The lowest BCUT2D eigenvalue weighted by molar-refractivity contribution is 0.0118. The number of piperidine rings is 1. The first-order chi connectivity index (χ1) is 10.4. The summed E-state index contributed by atoms with van der Waals surface area (Å²) in [6, 6.07) is 3.36. The lowest BCUT2D eigenvalue weighted by atomic mass is 9.99. The molecule has 1 aliphatic heterocycles. The van der Waals surface area contributed by atoms with Crippen LogP contribution in [0.3, 0.4) is 0 Å². The predicted octanol–water partition coefficient (Wildman–Crippen LogP) is 1.64. The number of carbonyl (C=O) groups is 1. The molecule has 7 heteroatoms. The van der Waals surface area contributed by atoms with Crippen LogP contribution in [0, 0.1) is 5.92 Å². The van der Waals surface area contributed by atoms with Gasteiger partial charge in [0.15, 0.2) is 0 Å². The van der Waals surface area contributed by atoms with E-state index in [0.717, 1.165) is 37.7 Å². The Morgan fingerprint density at radius 1 is 1.45 bits per heavy atom. The number of nitrogens with one attached hydrogen (secondary N) is 1. The van der Waals surface area contributed by atoms with E-state index in [2.05, 4.69) is 22.1 Å². The highest BCUT2D eigenvalue weighted by atomic mass is 19.3. The first-order valence-electron chi connectivity index (χ1n) is 7.48. The summed E-state index contributed by atoms with van der Waals surface area (Å²) in [5, 5.41) is 2.17. The molecule has 1 amide bonds. The minimum atomic E-state index is -3.09. The first kappa shape index (κ1) is 16.6. The number of hydrogen-bond donors (Lipinski definition) is 2. The Bertz CT molecular complexity index is 499. The fraction of sp³-hybridized carbons (Fsp3) is 0.600. The van der Waals surface area contributed by atoms with E-state index in [0.29, 0.717) is 0 Å². The highest BCUT2D eigenvalue weighted by Gasteiger charge is 2.27. The molecule has 1 aromatic heterocycles. The van der Waals surface area contributed by atoms with E-state index in [1.807, 2.05) is 0 Å². The van der Waals surface area contributed by atoms with E-state index in [9.17, 15) is 13.6 Å². The van der Waals surface area contributed by atoms with Gasteiger partial charge in [-0.25, -0.2) is 13.8 Å². The Morgan fingerprint density at radius 3 is 2.68 bits per heavy atom. The number of nitrogens with zero attached hydrogens (tertiary/aromatic N) is 2. The second kappa shape index (κ2) is 7.00. The second-order valence-corrected chi connectivity index (χ2v) is 5.82. The standard InChI is InChI=1S/C15H22F2N4O/c1-11-4-6-21(7-5-11)13-3-2-12(8-19-13)14(22)20-10-15(16,17)9-18/h2-3,8,11H,4-7,9-10,18H2,1H3,(H,20,22). The van der Waals surface area contributed by atoms with Crippen molar-refractivity contribution in [2.24, 2.45) is 11.7 Å². The molecular formula is C15H22F2N4O. The molecule has 22 heavy (non-hydrogen) atoms. The molecule has 1 aliphatic rings. The van der Waals surface area contributed by atoms with Crippen molar-refractivity contribution in [3.05, 3.63) is 23.9 Å². The van der Waals surface area contributed by atoms with Crippen molar-refractivity contribution in [2.75, 3.05) is 31.1 Å². The number of alkyl halides is 2. The van der Waals surface area contributed by atoms with Gasteiger partial charge in [-0.2, -0.15) is 0 Å². The predicted molar refractivity (Wildman–Crippen MR) is 81.2 cm³/mol. The van der Waals surface area contributed by atoms with E-state index in [1.54, 1.807) is 12.1 Å². The van der Waals surface area contributed by atoms with Crippen molar-refractivity contribution in [1.29, 1.82) is 0 Å². The summed E-state index contributed by atoms with van der Waals surface area (Å²) in [5.74, 6) is -2.12. The van der Waals surface area contributed by atoms with Crippen LogP contribution in [0.4, 0.5) is 14.6 Å². The average Bonchev–Trinajstić information content (AvgIpc) is 2.54. The van der Waals surface area contributed by atoms with E-state index in [4.69, 9.17) is 5.73 Å². The number of carbonyl (C=O) groups excluding carboxylic acids is 1. The van der Waals surface area contributed by atoms with Crippen LogP contribution in [0.5, 0.6) is 0 Å². The molecule has 0 aliphatic carbocycles. The maximum atomic E-state index is 13.0. The van der Waals surface area contributed by atoms with Gasteiger partial charge in [-0.1, -0.05) is 6.92 Å². The molecule has 3 N–H and O–H groups in total. The molecule has 0 spiro atoms. The number of halogens is 2. The summed E-state index contributed by atoms with van der Waals surface area (Å²) in [6.45, 7) is 2.56. The van der Waals surface area contributed by atoms with Gasteiger partial charge in [0.2, 0.25) is 0 Å². The number of hydrogen-bond acceptors (Lipinski definition) is 4. The molecule has 122 valence electrons. The lowest BCUT2D eigenvalue weighted by Crippen LogP contribution is -2.41. The number of nitrogens with two attached hydrogens (primary N) is 1. The summed E-state index contributed by atoms with van der Waals surface area (Å²) >= 11 is 0. The quantitative estimate of drug-likeness (QED) is 0.867. The minimum Gasteiger partial charge on any atom is -0.357 e. The zero-order chi connectivity index (χ0) is 16.2. The number of pyridine rings is 1. The zero-order valence-electron chi connectivity index (χ0n) is 12.7. The molecule has 0 aromatic carbocycles. The van der Waals surface area contributed by atoms with Gasteiger partial charge in [0.05, 0.1) is 18.7 Å². The number of amides is 1. The number of rotatable bonds is 5. The van der Waals surface area contributed by atoms with E-state index < -0.39 is 24.9 Å². The van der Waals surface area contributed by atoms with Crippen molar-refractivity contribution < 1.29 is 13.6 Å². The lowest BCUT2D eigenvalue weighted by Gasteiger charge is -2.31. The Labute approximate surface area is 128 Å². The summed E-state index contributed by atoms with van der Waals surface area (Å²) < 4.78 is 26.0. The molecule has 1 aromatic rings. The Hall–Kier alpha value is -1.76. The molecule has 5 nitrogen and oxygen atoms in total. The van der Waals surface area contributed by atoms with Gasteiger partial charge < -0.3 is 16.0 Å². The molecule has 1 saturated heterocycles. The summed E-state index contributed by atoms with van der Waals surface area (Å²) in [5.41, 5.74) is 5.19. The fourth-order valence-electron chi connectivity index (χ4n) is 2.33. The Kier molecular flexibility index (Phi) is 5.28. The Morgan fingerprint density at radius 2 is 2.14 bits per heavy atom. The highest BCUT2D eigenvalue weighted by molar-refractivity contribution is 5.94. The first-order valence-corrected chi connectivity index (χ1v) is 7.48. The number of aromatic nitrogens is 1. The van der Waals surface area contributed by atoms with Crippen LogP contribution in [0.2, 0.25) is 0 Å². The van der Waals surface area contributed by atoms with Gasteiger partial charge in [-0.15, -0.1) is 0 Å². The smallest absolute Gasteiger partial charge is 0.277 e. The van der Waals surface area contributed by atoms with E-state index >= 15 is 0 Å². The largest absolute Gasteiger partial charge is 0.357 e. The SMILES string of the molecule is CC1CCN(c2ccc(C(=O)NCC(F)(F)CN)cn2)CC1. The molecule has 0 saturated carbocycles. The van der Waals surface area contributed by atoms with Gasteiger partial charge in [0.25, 0.3) is 11.8 Å². The van der Waals surface area contributed by atoms with Crippen molar-refractivity contribution in [3.8, 4) is 0 Å². The molecule has 0 radical (unpaired) electrons. The summed E-state index contributed by atoms with van der Waals surface area (Å²) in [6.07, 6.45) is 3.67. The Balaban J connectivity index is 1.92. The van der Waals surface area contributed by atoms with Crippen molar-refractivity contribution >= 4 is 11.7 Å². The van der Waals surface area contributed by atoms with Crippen LogP contribution >= 0.6 is 0 Å². The van der Waals surface area contributed by atoms with Crippen LogP contribution < -0.4 is 16.0 Å². The van der Waals surface area contributed by atoms with E-state index in [-0.39, 0.29) is 5.56 Å². The number of anilines is 1. The third-order valence-corrected chi connectivity index (χ3v) is 3.92. The molecule has 0 atom stereocenters. The van der Waals surface area contributed by atoms with Gasteiger partial charge >= 0.3 is 0 Å². The molecule has 2 rings (SSSR count). The van der Waals surface area contributed by atoms with Gasteiger partial charge in [-0.3, -0.25) is 4.79 Å². The fourth-order valence-corrected chi connectivity index (χ4v) is 2.33. The van der Waals surface area contributed by atoms with Crippen LogP contribution in [-0.2, 0) is 0 Å². The van der Waals surface area contributed by atoms with Crippen molar-refractivity contribution in [3.63, 3.8) is 0 Å². The van der Waals surface area contributed by atoms with Crippen molar-refractivity contribution in [2.45, 2.75) is 25.7 Å². The monoisotopic (exact) mass is 312 g/mol. The van der Waals surface area contributed by atoms with Crippen LogP contribution in [0.25, 0.3) is 0 Å². The third-order valence-electron chi connectivity index (χ3n) is 3.92. The van der Waals surface area contributed by atoms with Gasteiger partial charge in [-0.05, 0) is 30.9 Å².